The van der Waals surface area contributed by atoms with Crippen LogP contribution < -0.4 is 20.7 Å². The number of amides is 1. The monoisotopic (exact) mass is 560 g/mol. The molecule has 2 aliphatic rings. The molecule has 1 aromatic carbocycles. The number of imidazole rings is 1. The van der Waals surface area contributed by atoms with E-state index in [-0.39, 0.29) is 12.0 Å². The molecule has 3 N–H and O–H groups in total. The average molecular weight is 561 g/mol. The molecule has 0 radical (unpaired) electrons. The first-order valence-electron chi connectivity index (χ1n) is 13.0. The number of thiophene rings is 1. The van der Waals surface area contributed by atoms with E-state index in [1.54, 1.807) is 6.33 Å². The van der Waals surface area contributed by atoms with E-state index in [1.165, 1.54) is 16.9 Å². The van der Waals surface area contributed by atoms with Crippen LogP contribution in [0.3, 0.4) is 0 Å². The van der Waals surface area contributed by atoms with E-state index in [0.717, 1.165) is 60.4 Å². The van der Waals surface area contributed by atoms with E-state index in [0.29, 0.717) is 15.6 Å². The number of allylic oxidation sites excluding steroid dienone is 1. The highest BCUT2D eigenvalue weighted by atomic mass is 35.5. The molecule has 1 saturated heterocycles. The Kier molecular flexibility index (Phi) is 7.12. The lowest BCUT2D eigenvalue weighted by Gasteiger charge is -2.28. The zero-order valence-corrected chi connectivity index (χ0v) is 23.1. The van der Waals surface area contributed by atoms with Crippen molar-refractivity contribution in [3.05, 3.63) is 93.5 Å². The van der Waals surface area contributed by atoms with Crippen molar-refractivity contribution in [3.63, 3.8) is 0 Å². The van der Waals surface area contributed by atoms with Gasteiger partial charge >= 0.3 is 0 Å². The second-order valence-electron chi connectivity index (χ2n) is 9.73. The Morgan fingerprint density at radius 2 is 2.03 bits per heavy atom. The maximum atomic E-state index is 12.3. The van der Waals surface area contributed by atoms with Crippen molar-refractivity contribution in [3.8, 4) is 10.8 Å². The topological polar surface area (TPSA) is 98.3 Å². The third-order valence-electron chi connectivity index (χ3n) is 7.22. The van der Waals surface area contributed by atoms with Crippen molar-refractivity contribution >= 4 is 40.7 Å². The Morgan fingerprint density at radius 3 is 2.77 bits per heavy atom. The second-order valence-corrected chi connectivity index (χ2v) is 11.2. The van der Waals surface area contributed by atoms with Crippen LogP contribution in [0.15, 0.2) is 61.1 Å². The summed E-state index contributed by atoms with van der Waals surface area (Å²) in [5, 5.41) is 4.79. The third-order valence-corrected chi connectivity index (χ3v) is 8.69. The summed E-state index contributed by atoms with van der Waals surface area (Å²) in [6, 6.07) is 13.6. The van der Waals surface area contributed by atoms with Crippen molar-refractivity contribution in [2.45, 2.75) is 25.4 Å². The number of nitrogens with one attached hydrogen (secondary N) is 1. The second kappa shape index (κ2) is 10.8. The number of anilines is 1. The fourth-order valence-corrected chi connectivity index (χ4v) is 6.33. The van der Waals surface area contributed by atoms with Crippen molar-refractivity contribution in [1.29, 1.82) is 0 Å². The number of hydrogen-bond donors (Lipinski definition) is 2. The van der Waals surface area contributed by atoms with Crippen LogP contribution in [0.1, 0.15) is 51.1 Å². The number of fused-ring (bicyclic) bond motifs is 1. The zero-order chi connectivity index (χ0) is 26.9. The molecule has 0 bridgehead atoms. The minimum atomic E-state index is -0.533. The van der Waals surface area contributed by atoms with Gasteiger partial charge < -0.3 is 20.7 Å². The van der Waals surface area contributed by atoms with Crippen LogP contribution in [0.5, 0.6) is 5.75 Å². The highest BCUT2D eigenvalue weighted by molar-refractivity contribution is 7.16. The summed E-state index contributed by atoms with van der Waals surface area (Å²) in [5.74, 6) is 1.12. The molecule has 1 aliphatic carbocycles. The van der Waals surface area contributed by atoms with Gasteiger partial charge in [-0.15, -0.1) is 11.3 Å². The number of piperazine rings is 1. The molecule has 2 atom stereocenters. The summed E-state index contributed by atoms with van der Waals surface area (Å²) in [7, 11) is 0. The molecule has 1 amide bonds. The molecule has 0 spiro atoms. The van der Waals surface area contributed by atoms with Crippen LogP contribution in [0, 0.1) is 0 Å². The van der Waals surface area contributed by atoms with Gasteiger partial charge in [0.2, 0.25) is 0 Å². The molecule has 39 heavy (non-hydrogen) atoms. The molecule has 0 saturated carbocycles. The van der Waals surface area contributed by atoms with E-state index in [9.17, 15) is 4.79 Å². The summed E-state index contributed by atoms with van der Waals surface area (Å²) < 4.78 is 8.17. The predicted molar refractivity (Wildman–Crippen MR) is 155 cm³/mol. The lowest BCUT2D eigenvalue weighted by molar-refractivity contribution is 0.0998. The van der Waals surface area contributed by atoms with Crippen molar-refractivity contribution in [2.75, 3.05) is 31.1 Å². The highest BCUT2D eigenvalue weighted by Gasteiger charge is 2.24. The first kappa shape index (κ1) is 25.6. The van der Waals surface area contributed by atoms with E-state index in [4.69, 9.17) is 32.0 Å². The minimum Gasteiger partial charge on any atom is -0.484 e. The SMILES string of the molecule is CC(Oc1cc(-n2cnc3c2C=CC(c2ccc(N4CCNCC4)nc2)C3)sc1C(N)=O)c1ccccc1Cl. The standard InChI is InChI=1S/C29H29ClN6O2S/c1-18(21-4-2-3-5-22(21)30)38-25-15-27(39-28(25)29(31)37)36-17-34-23-14-19(6-8-24(23)36)20-7-9-26(33-16-20)35-12-10-32-11-13-35/h2-9,15-19,32H,10-14H2,1H3,(H2,31,37). The van der Waals surface area contributed by atoms with Gasteiger partial charge in [0.15, 0.2) is 0 Å². The van der Waals surface area contributed by atoms with Crippen LogP contribution in [-0.2, 0) is 6.42 Å². The molecule has 2 unspecified atom stereocenters. The van der Waals surface area contributed by atoms with Crippen molar-refractivity contribution in [1.82, 2.24) is 19.9 Å². The molecule has 8 nitrogen and oxygen atoms in total. The number of halogens is 1. The van der Waals surface area contributed by atoms with Crippen molar-refractivity contribution < 1.29 is 9.53 Å². The van der Waals surface area contributed by atoms with Gasteiger partial charge in [-0.1, -0.05) is 41.9 Å². The number of nitrogens with zero attached hydrogens (tertiary/aromatic N) is 4. The van der Waals surface area contributed by atoms with Gasteiger partial charge in [0.1, 0.15) is 33.9 Å². The molecule has 6 rings (SSSR count). The van der Waals surface area contributed by atoms with E-state index >= 15 is 0 Å². The number of rotatable bonds is 7. The van der Waals surface area contributed by atoms with Gasteiger partial charge in [-0.05, 0) is 30.7 Å². The first-order valence-corrected chi connectivity index (χ1v) is 14.2. The van der Waals surface area contributed by atoms with Crippen LogP contribution in [0.4, 0.5) is 5.82 Å². The fourth-order valence-electron chi connectivity index (χ4n) is 5.11. The Hall–Kier alpha value is -3.66. The number of ether oxygens (including phenoxy) is 1. The molecule has 1 fully saturated rings. The zero-order valence-electron chi connectivity index (χ0n) is 21.5. The maximum Gasteiger partial charge on any atom is 0.262 e. The Labute approximate surface area is 236 Å². The Morgan fingerprint density at radius 1 is 1.21 bits per heavy atom. The Bertz CT molecular complexity index is 1520. The van der Waals surface area contributed by atoms with Crippen LogP contribution in [-0.4, -0.2) is 46.6 Å². The number of primary amides is 1. The van der Waals surface area contributed by atoms with Gasteiger partial charge in [-0.25, -0.2) is 9.97 Å². The van der Waals surface area contributed by atoms with Gasteiger partial charge in [-0.2, -0.15) is 0 Å². The fraction of sp³-hybridized carbons (Fsp3) is 0.276. The normalized spacial score (nSPS) is 17.6. The number of pyridine rings is 1. The summed E-state index contributed by atoms with van der Waals surface area (Å²) in [5.41, 5.74) is 9.71. The summed E-state index contributed by atoms with van der Waals surface area (Å²) in [6.45, 7) is 5.82. The first-order chi connectivity index (χ1) is 19.0. The number of benzene rings is 1. The predicted octanol–water partition coefficient (Wildman–Crippen LogP) is 4.98. The largest absolute Gasteiger partial charge is 0.484 e. The molecule has 10 heteroatoms. The smallest absolute Gasteiger partial charge is 0.262 e. The van der Waals surface area contributed by atoms with Crippen LogP contribution in [0.2, 0.25) is 5.02 Å². The molecule has 3 aromatic heterocycles. The minimum absolute atomic E-state index is 0.199. The summed E-state index contributed by atoms with van der Waals surface area (Å²) >= 11 is 7.64. The lowest BCUT2D eigenvalue weighted by atomic mass is 9.90. The number of carbonyl (C=O) groups excluding carboxylic acids is 1. The molecule has 4 aromatic rings. The van der Waals surface area contributed by atoms with Gasteiger partial charge in [0, 0.05) is 61.4 Å². The number of aromatic nitrogens is 3. The molecular formula is C29H29ClN6O2S. The number of carbonyl (C=O) groups is 1. The van der Waals surface area contributed by atoms with Gasteiger partial charge in [-0.3, -0.25) is 9.36 Å². The summed E-state index contributed by atoms with van der Waals surface area (Å²) in [4.78, 5) is 24.4. The van der Waals surface area contributed by atoms with E-state index < -0.39 is 5.91 Å². The number of hydrogen-bond acceptors (Lipinski definition) is 7. The molecule has 1 aliphatic heterocycles. The van der Waals surface area contributed by atoms with E-state index in [2.05, 4.69) is 34.5 Å². The quantitative estimate of drug-likeness (QED) is 0.331. The third kappa shape index (κ3) is 5.17. The van der Waals surface area contributed by atoms with E-state index in [1.807, 2.05) is 48.0 Å². The number of nitrogens with two attached hydrogens (primary N) is 1. The summed E-state index contributed by atoms with van der Waals surface area (Å²) in [6.07, 6.45) is 8.48. The van der Waals surface area contributed by atoms with Crippen LogP contribution in [0.25, 0.3) is 11.1 Å². The molecular weight excluding hydrogens is 532 g/mol. The highest BCUT2D eigenvalue weighted by Crippen LogP contribution is 2.38. The van der Waals surface area contributed by atoms with Gasteiger partial charge in [0.05, 0.1) is 11.4 Å². The lowest BCUT2D eigenvalue weighted by Crippen LogP contribution is -2.43. The Balaban J connectivity index is 1.22. The average Bonchev–Trinajstić information content (AvgIpc) is 3.57. The van der Waals surface area contributed by atoms with Crippen molar-refractivity contribution in [2.24, 2.45) is 5.73 Å². The molecule has 200 valence electrons. The maximum absolute atomic E-state index is 12.3. The molecule has 4 heterocycles. The van der Waals surface area contributed by atoms with Crippen LogP contribution >= 0.6 is 22.9 Å². The van der Waals surface area contributed by atoms with Gasteiger partial charge in [0.25, 0.3) is 5.91 Å².